The molecule has 90 valence electrons. The van der Waals surface area contributed by atoms with Gasteiger partial charge in [-0.25, -0.2) is 0 Å². The van der Waals surface area contributed by atoms with Crippen molar-refractivity contribution in [1.29, 1.82) is 0 Å². The first-order valence-corrected chi connectivity index (χ1v) is 4.74. The number of nitro benzene ring substituents is 1. The van der Waals surface area contributed by atoms with Crippen molar-refractivity contribution in [3.63, 3.8) is 0 Å². The first-order valence-electron chi connectivity index (χ1n) is 4.74. The Balaban J connectivity index is 2.98. The van der Waals surface area contributed by atoms with Gasteiger partial charge in [0, 0.05) is 6.07 Å². The summed E-state index contributed by atoms with van der Waals surface area (Å²) in [5, 5.41) is 19.1. The summed E-state index contributed by atoms with van der Waals surface area (Å²) in [6.45, 7) is 0. The van der Waals surface area contributed by atoms with E-state index in [1.807, 2.05) is 0 Å². The molecule has 0 bridgehead atoms. The number of benzene rings is 1. The average Bonchev–Trinajstić information content (AvgIpc) is 2.28. The van der Waals surface area contributed by atoms with Crippen LogP contribution in [-0.2, 0) is 4.79 Å². The maximum atomic E-state index is 10.6. The largest absolute Gasteiger partial charge is 0.496 e. The average molecular weight is 237 g/mol. The number of rotatable bonds is 5. The molecular formula is C11H11NO5. The molecule has 0 aromatic heterocycles. The molecule has 6 heteroatoms. The zero-order valence-corrected chi connectivity index (χ0v) is 9.12. The summed E-state index contributed by atoms with van der Waals surface area (Å²) >= 11 is 0. The Hall–Kier alpha value is -2.37. The Morgan fingerprint density at radius 3 is 2.76 bits per heavy atom. The second-order valence-electron chi connectivity index (χ2n) is 3.22. The molecule has 0 saturated carbocycles. The van der Waals surface area contributed by atoms with Crippen LogP contribution in [0, 0.1) is 10.1 Å². The number of nitro groups is 1. The van der Waals surface area contributed by atoms with Crippen molar-refractivity contribution in [3.8, 4) is 5.75 Å². The molecular weight excluding hydrogens is 226 g/mol. The molecule has 0 saturated heterocycles. The molecule has 0 aliphatic carbocycles. The van der Waals surface area contributed by atoms with E-state index in [9.17, 15) is 14.9 Å². The fourth-order valence-electron chi connectivity index (χ4n) is 1.22. The van der Waals surface area contributed by atoms with Crippen LogP contribution >= 0.6 is 0 Å². The first kappa shape index (κ1) is 12.7. The van der Waals surface area contributed by atoms with Crippen LogP contribution in [0.25, 0.3) is 6.08 Å². The fraction of sp³-hybridized carbons (Fsp3) is 0.182. The van der Waals surface area contributed by atoms with Crippen LogP contribution in [0.5, 0.6) is 5.75 Å². The SMILES string of the molecule is COc1cc(C=CCC(=O)O)cc([N+](=O)[O-])c1. The van der Waals surface area contributed by atoms with E-state index >= 15 is 0 Å². The van der Waals surface area contributed by atoms with E-state index in [2.05, 4.69) is 0 Å². The normalized spacial score (nSPS) is 10.4. The minimum absolute atomic E-state index is 0.0978. The number of nitrogens with zero attached hydrogens (tertiary/aromatic N) is 1. The molecule has 0 aliphatic heterocycles. The van der Waals surface area contributed by atoms with E-state index in [1.54, 1.807) is 6.07 Å². The third-order valence-corrected chi connectivity index (χ3v) is 1.96. The van der Waals surface area contributed by atoms with Crippen molar-refractivity contribution in [2.75, 3.05) is 7.11 Å². The van der Waals surface area contributed by atoms with Gasteiger partial charge >= 0.3 is 5.97 Å². The molecule has 0 fully saturated rings. The summed E-state index contributed by atoms with van der Waals surface area (Å²) in [4.78, 5) is 20.4. The number of carbonyl (C=O) groups is 1. The van der Waals surface area contributed by atoms with Gasteiger partial charge in [-0.05, 0) is 11.6 Å². The van der Waals surface area contributed by atoms with Crippen LogP contribution in [0.3, 0.4) is 0 Å². The Morgan fingerprint density at radius 2 is 2.24 bits per heavy atom. The standard InChI is InChI=1S/C11H11NO5/c1-17-10-6-8(3-2-4-11(13)14)5-9(7-10)12(15)16/h2-3,5-7H,4H2,1H3,(H,13,14). The summed E-state index contributed by atoms with van der Waals surface area (Å²) in [5.74, 6) is -0.604. The summed E-state index contributed by atoms with van der Waals surface area (Å²) in [7, 11) is 1.41. The van der Waals surface area contributed by atoms with Gasteiger partial charge in [-0.15, -0.1) is 0 Å². The number of hydrogen-bond acceptors (Lipinski definition) is 4. The number of aliphatic carboxylic acids is 1. The van der Waals surface area contributed by atoms with Crippen LogP contribution in [-0.4, -0.2) is 23.1 Å². The number of ether oxygens (including phenoxy) is 1. The number of carboxylic acid groups (broad SMARTS) is 1. The van der Waals surface area contributed by atoms with Gasteiger partial charge in [0.15, 0.2) is 0 Å². The van der Waals surface area contributed by atoms with Gasteiger partial charge in [0.1, 0.15) is 5.75 Å². The fourth-order valence-corrected chi connectivity index (χ4v) is 1.22. The van der Waals surface area contributed by atoms with Gasteiger partial charge in [-0.2, -0.15) is 0 Å². The van der Waals surface area contributed by atoms with E-state index in [1.165, 1.54) is 31.4 Å². The number of methoxy groups -OCH3 is 1. The van der Waals surface area contributed by atoms with E-state index in [0.717, 1.165) is 0 Å². The van der Waals surface area contributed by atoms with Crippen LogP contribution in [0.2, 0.25) is 0 Å². The third kappa shape index (κ3) is 3.94. The molecule has 6 nitrogen and oxygen atoms in total. The second-order valence-corrected chi connectivity index (χ2v) is 3.22. The Kier molecular flexibility index (Phi) is 4.21. The van der Waals surface area contributed by atoms with Crippen LogP contribution in [0.15, 0.2) is 24.3 Å². The molecule has 0 aliphatic rings. The molecule has 17 heavy (non-hydrogen) atoms. The van der Waals surface area contributed by atoms with E-state index < -0.39 is 10.9 Å². The number of non-ortho nitro benzene ring substituents is 1. The highest BCUT2D eigenvalue weighted by atomic mass is 16.6. The van der Waals surface area contributed by atoms with Crippen molar-refractivity contribution in [1.82, 2.24) is 0 Å². The van der Waals surface area contributed by atoms with Crippen LogP contribution < -0.4 is 4.74 Å². The smallest absolute Gasteiger partial charge is 0.307 e. The molecule has 1 aromatic carbocycles. The minimum Gasteiger partial charge on any atom is -0.496 e. The predicted octanol–water partition coefficient (Wildman–Crippen LogP) is 2.09. The molecule has 0 unspecified atom stereocenters. The molecule has 0 atom stereocenters. The van der Waals surface area contributed by atoms with Gasteiger partial charge in [0.2, 0.25) is 0 Å². The Bertz CT molecular complexity index is 467. The minimum atomic E-state index is -0.960. The van der Waals surface area contributed by atoms with Crippen molar-refractivity contribution in [2.24, 2.45) is 0 Å². The van der Waals surface area contributed by atoms with E-state index in [-0.39, 0.29) is 12.1 Å². The number of hydrogen-bond donors (Lipinski definition) is 1. The Labute approximate surface area is 97.3 Å². The zero-order valence-electron chi connectivity index (χ0n) is 9.12. The zero-order chi connectivity index (χ0) is 12.8. The summed E-state index contributed by atoms with van der Waals surface area (Å²) in [6, 6.07) is 4.24. The lowest BCUT2D eigenvalue weighted by Gasteiger charge is -2.01. The van der Waals surface area contributed by atoms with E-state index in [0.29, 0.717) is 11.3 Å². The maximum absolute atomic E-state index is 10.6. The maximum Gasteiger partial charge on any atom is 0.307 e. The lowest BCUT2D eigenvalue weighted by atomic mass is 10.1. The van der Waals surface area contributed by atoms with Gasteiger partial charge < -0.3 is 9.84 Å². The Morgan fingerprint density at radius 1 is 1.53 bits per heavy atom. The molecule has 1 aromatic rings. The second kappa shape index (κ2) is 5.64. The molecule has 0 spiro atoms. The predicted molar refractivity (Wildman–Crippen MR) is 60.9 cm³/mol. The van der Waals surface area contributed by atoms with Crippen molar-refractivity contribution < 1.29 is 19.6 Å². The lowest BCUT2D eigenvalue weighted by Crippen LogP contribution is -1.92. The highest BCUT2D eigenvalue weighted by Gasteiger charge is 2.08. The summed E-state index contributed by atoms with van der Waals surface area (Å²) in [6.07, 6.45) is 2.79. The van der Waals surface area contributed by atoms with Crippen molar-refractivity contribution in [2.45, 2.75) is 6.42 Å². The molecule has 0 heterocycles. The third-order valence-electron chi connectivity index (χ3n) is 1.96. The van der Waals surface area contributed by atoms with Crippen molar-refractivity contribution >= 4 is 17.7 Å². The van der Waals surface area contributed by atoms with Crippen molar-refractivity contribution in [3.05, 3.63) is 40.0 Å². The molecule has 1 rings (SSSR count). The molecule has 1 N–H and O–H groups in total. The molecule has 0 amide bonds. The molecule has 0 radical (unpaired) electrons. The van der Waals surface area contributed by atoms with Gasteiger partial charge in [-0.1, -0.05) is 12.2 Å². The van der Waals surface area contributed by atoms with Gasteiger partial charge in [-0.3, -0.25) is 14.9 Å². The van der Waals surface area contributed by atoms with Crippen LogP contribution in [0.1, 0.15) is 12.0 Å². The highest BCUT2D eigenvalue weighted by molar-refractivity contribution is 5.70. The van der Waals surface area contributed by atoms with E-state index in [4.69, 9.17) is 9.84 Å². The van der Waals surface area contributed by atoms with Crippen LogP contribution in [0.4, 0.5) is 5.69 Å². The summed E-state index contributed by atoms with van der Waals surface area (Å²) in [5.41, 5.74) is 0.427. The first-order chi connectivity index (χ1) is 8.02. The van der Waals surface area contributed by atoms with Gasteiger partial charge in [0.25, 0.3) is 5.69 Å². The topological polar surface area (TPSA) is 89.7 Å². The monoisotopic (exact) mass is 237 g/mol. The van der Waals surface area contributed by atoms with Gasteiger partial charge in [0.05, 0.1) is 24.5 Å². The highest BCUT2D eigenvalue weighted by Crippen LogP contribution is 2.23. The number of carboxylic acids is 1. The quantitative estimate of drug-likeness (QED) is 0.625. The lowest BCUT2D eigenvalue weighted by molar-refractivity contribution is -0.384. The summed E-state index contributed by atoms with van der Waals surface area (Å²) < 4.78 is 4.92.